The highest BCUT2D eigenvalue weighted by atomic mass is 16.6. The number of fused-ring (bicyclic) bond motifs is 1. The van der Waals surface area contributed by atoms with E-state index in [9.17, 15) is 10.1 Å². The van der Waals surface area contributed by atoms with E-state index >= 15 is 0 Å². The van der Waals surface area contributed by atoms with Crippen LogP contribution in [0.25, 0.3) is 22.4 Å². The third-order valence-electron chi connectivity index (χ3n) is 5.35. The standard InChI is InChI=1S/C20H22N4O2/c1-13-7-5-11-18-19(13)22-20(15-8-3-4-10-17(15)24(25)26)23(18)14(2)16-9-6-12-21-16/h3-5,7-8,10-11,14,16,21H,6,9,12H2,1-2H3/t14-,16?/m0/s1. The minimum absolute atomic E-state index is 0.0910. The van der Waals surface area contributed by atoms with Gasteiger partial charge >= 0.3 is 0 Å². The summed E-state index contributed by atoms with van der Waals surface area (Å²) >= 11 is 0. The van der Waals surface area contributed by atoms with Gasteiger partial charge in [0.15, 0.2) is 0 Å². The van der Waals surface area contributed by atoms with Gasteiger partial charge in [-0.1, -0.05) is 24.3 Å². The van der Waals surface area contributed by atoms with E-state index in [1.807, 2.05) is 25.1 Å². The van der Waals surface area contributed by atoms with Crippen LogP contribution >= 0.6 is 0 Å². The first-order valence-electron chi connectivity index (χ1n) is 9.02. The highest BCUT2D eigenvalue weighted by molar-refractivity contribution is 5.85. The lowest BCUT2D eigenvalue weighted by atomic mass is 10.1. The zero-order valence-corrected chi connectivity index (χ0v) is 15.0. The summed E-state index contributed by atoms with van der Waals surface area (Å²) in [5, 5.41) is 15.1. The van der Waals surface area contributed by atoms with Crippen molar-refractivity contribution < 1.29 is 4.92 Å². The van der Waals surface area contributed by atoms with Crippen LogP contribution in [0.2, 0.25) is 0 Å². The van der Waals surface area contributed by atoms with E-state index in [0.29, 0.717) is 17.4 Å². The van der Waals surface area contributed by atoms with Gasteiger partial charge in [0.05, 0.1) is 21.5 Å². The molecule has 0 aliphatic carbocycles. The Bertz CT molecular complexity index is 973. The number of imidazole rings is 1. The zero-order chi connectivity index (χ0) is 18.3. The molecule has 1 unspecified atom stereocenters. The van der Waals surface area contributed by atoms with Crippen LogP contribution in [0, 0.1) is 17.0 Å². The van der Waals surface area contributed by atoms with Crippen LogP contribution in [0.1, 0.15) is 31.4 Å². The molecular weight excluding hydrogens is 328 g/mol. The van der Waals surface area contributed by atoms with Gasteiger partial charge in [0.2, 0.25) is 0 Å². The SMILES string of the molecule is Cc1cccc2c1nc(-c1ccccc1[N+](=O)[O-])n2[C@@H](C)C1CCCN1. The number of nitro groups is 1. The van der Waals surface area contributed by atoms with Crippen molar-refractivity contribution in [2.45, 2.75) is 38.8 Å². The number of nitro benzene ring substituents is 1. The van der Waals surface area contributed by atoms with E-state index in [0.717, 1.165) is 36.0 Å². The normalized spacial score (nSPS) is 18.3. The maximum Gasteiger partial charge on any atom is 0.280 e. The fourth-order valence-corrected chi connectivity index (χ4v) is 3.98. The summed E-state index contributed by atoms with van der Waals surface area (Å²) in [6.07, 6.45) is 2.25. The van der Waals surface area contributed by atoms with Crippen LogP contribution in [0.5, 0.6) is 0 Å². The molecule has 1 aromatic heterocycles. The molecule has 0 radical (unpaired) electrons. The van der Waals surface area contributed by atoms with Gasteiger partial charge in [0.25, 0.3) is 5.69 Å². The number of nitrogens with zero attached hydrogens (tertiary/aromatic N) is 3. The molecule has 1 N–H and O–H groups in total. The third kappa shape index (κ3) is 2.66. The molecule has 2 heterocycles. The average Bonchev–Trinajstić information content (AvgIpc) is 3.30. The Balaban J connectivity index is 1.99. The van der Waals surface area contributed by atoms with Crippen LogP contribution in [0.4, 0.5) is 5.69 Å². The van der Waals surface area contributed by atoms with Crippen molar-refractivity contribution in [1.82, 2.24) is 14.9 Å². The van der Waals surface area contributed by atoms with Gasteiger partial charge in [-0.3, -0.25) is 10.1 Å². The summed E-state index contributed by atoms with van der Waals surface area (Å²) in [4.78, 5) is 16.1. The Hall–Kier alpha value is -2.73. The largest absolute Gasteiger partial charge is 0.319 e. The monoisotopic (exact) mass is 350 g/mol. The second-order valence-electron chi connectivity index (χ2n) is 6.97. The number of aryl methyl sites for hydroxylation is 1. The van der Waals surface area contributed by atoms with E-state index in [1.165, 1.54) is 0 Å². The predicted octanol–water partition coefficient (Wildman–Crippen LogP) is 4.23. The smallest absolute Gasteiger partial charge is 0.280 e. The van der Waals surface area contributed by atoms with E-state index < -0.39 is 0 Å². The summed E-state index contributed by atoms with van der Waals surface area (Å²) in [5.74, 6) is 0.669. The predicted molar refractivity (Wildman–Crippen MR) is 102 cm³/mol. The van der Waals surface area contributed by atoms with Crippen molar-refractivity contribution in [3.8, 4) is 11.4 Å². The lowest BCUT2D eigenvalue weighted by Gasteiger charge is -2.24. The minimum Gasteiger partial charge on any atom is -0.319 e. The molecule has 0 bridgehead atoms. The van der Waals surface area contributed by atoms with E-state index in [2.05, 4.69) is 22.9 Å². The Morgan fingerprint density at radius 1 is 1.27 bits per heavy atom. The number of para-hydroxylation sites is 2. The molecule has 0 saturated carbocycles. The number of aromatic nitrogens is 2. The fraction of sp³-hybridized carbons (Fsp3) is 0.350. The highest BCUT2D eigenvalue weighted by Crippen LogP contribution is 2.36. The van der Waals surface area contributed by atoms with E-state index in [4.69, 9.17) is 4.98 Å². The van der Waals surface area contributed by atoms with E-state index in [1.54, 1.807) is 18.2 Å². The van der Waals surface area contributed by atoms with Gasteiger partial charge < -0.3 is 9.88 Å². The van der Waals surface area contributed by atoms with Gasteiger partial charge in [0, 0.05) is 18.2 Å². The van der Waals surface area contributed by atoms with Gasteiger partial charge in [-0.2, -0.15) is 0 Å². The van der Waals surface area contributed by atoms with Crippen LogP contribution in [-0.4, -0.2) is 27.1 Å². The molecule has 4 rings (SSSR count). The van der Waals surface area contributed by atoms with Crippen LogP contribution in [-0.2, 0) is 0 Å². The molecule has 1 fully saturated rings. The third-order valence-corrected chi connectivity index (χ3v) is 5.35. The Kier molecular flexibility index (Phi) is 4.20. The second-order valence-corrected chi connectivity index (χ2v) is 6.97. The van der Waals surface area contributed by atoms with Crippen molar-refractivity contribution in [2.75, 3.05) is 6.54 Å². The first-order chi connectivity index (χ1) is 12.6. The molecule has 6 heteroatoms. The molecule has 2 atom stereocenters. The number of benzene rings is 2. The van der Waals surface area contributed by atoms with Crippen molar-refractivity contribution in [3.05, 3.63) is 58.1 Å². The van der Waals surface area contributed by atoms with Crippen LogP contribution in [0.3, 0.4) is 0 Å². The molecule has 3 aromatic rings. The van der Waals surface area contributed by atoms with Crippen molar-refractivity contribution in [3.63, 3.8) is 0 Å². The molecular formula is C20H22N4O2. The Labute approximate surface area is 152 Å². The lowest BCUT2D eigenvalue weighted by molar-refractivity contribution is -0.384. The Morgan fingerprint density at radius 3 is 2.81 bits per heavy atom. The molecule has 1 aliphatic heterocycles. The minimum atomic E-state index is -0.329. The number of hydrogen-bond donors (Lipinski definition) is 1. The van der Waals surface area contributed by atoms with Crippen molar-refractivity contribution >= 4 is 16.7 Å². The first-order valence-corrected chi connectivity index (χ1v) is 9.02. The summed E-state index contributed by atoms with van der Waals surface area (Å²) in [7, 11) is 0. The second kappa shape index (κ2) is 6.53. The quantitative estimate of drug-likeness (QED) is 0.564. The molecule has 1 saturated heterocycles. The number of hydrogen-bond acceptors (Lipinski definition) is 4. The molecule has 134 valence electrons. The molecule has 0 spiro atoms. The maximum atomic E-state index is 11.6. The van der Waals surface area contributed by atoms with Crippen LogP contribution < -0.4 is 5.32 Å². The first kappa shape index (κ1) is 16.7. The molecule has 2 aromatic carbocycles. The van der Waals surface area contributed by atoms with Gasteiger partial charge in [-0.05, 0) is 50.9 Å². The summed E-state index contributed by atoms with van der Waals surface area (Å²) in [6.45, 7) is 5.22. The summed E-state index contributed by atoms with van der Waals surface area (Å²) in [5.41, 5.74) is 3.67. The molecule has 6 nitrogen and oxygen atoms in total. The van der Waals surface area contributed by atoms with E-state index in [-0.39, 0.29) is 16.7 Å². The molecule has 26 heavy (non-hydrogen) atoms. The summed E-state index contributed by atoms with van der Waals surface area (Å²) < 4.78 is 2.17. The Morgan fingerprint density at radius 2 is 2.08 bits per heavy atom. The highest BCUT2D eigenvalue weighted by Gasteiger charge is 2.29. The van der Waals surface area contributed by atoms with Crippen molar-refractivity contribution in [2.24, 2.45) is 0 Å². The number of rotatable bonds is 4. The average molecular weight is 350 g/mol. The lowest BCUT2D eigenvalue weighted by Crippen LogP contribution is -2.31. The summed E-state index contributed by atoms with van der Waals surface area (Å²) in [6, 6.07) is 13.5. The molecule has 0 amide bonds. The van der Waals surface area contributed by atoms with Crippen LogP contribution in [0.15, 0.2) is 42.5 Å². The maximum absolute atomic E-state index is 11.6. The zero-order valence-electron chi connectivity index (χ0n) is 15.0. The van der Waals surface area contributed by atoms with Gasteiger partial charge in [-0.25, -0.2) is 4.98 Å². The van der Waals surface area contributed by atoms with Gasteiger partial charge in [-0.15, -0.1) is 0 Å². The molecule has 1 aliphatic rings. The van der Waals surface area contributed by atoms with Crippen molar-refractivity contribution in [1.29, 1.82) is 0 Å². The van der Waals surface area contributed by atoms with Gasteiger partial charge in [0.1, 0.15) is 5.82 Å². The fourth-order valence-electron chi connectivity index (χ4n) is 3.98. The number of nitrogens with one attached hydrogen (secondary N) is 1. The topological polar surface area (TPSA) is 73.0 Å².